The van der Waals surface area contributed by atoms with Crippen molar-refractivity contribution in [2.75, 3.05) is 4.72 Å². The van der Waals surface area contributed by atoms with Gasteiger partial charge in [0.2, 0.25) is 10.0 Å². The van der Waals surface area contributed by atoms with Gasteiger partial charge in [-0.15, -0.1) is 0 Å². The highest BCUT2D eigenvalue weighted by molar-refractivity contribution is 7.93. The molecule has 0 aliphatic heterocycles. The van der Waals surface area contributed by atoms with Crippen molar-refractivity contribution in [3.63, 3.8) is 0 Å². The molecular formula is C27H28N6O2S. The molecule has 5 rings (SSSR count). The predicted octanol–water partition coefficient (Wildman–Crippen LogP) is 4.50. The summed E-state index contributed by atoms with van der Waals surface area (Å²) in [7, 11) is -3.33. The third kappa shape index (κ3) is 5.91. The average Bonchev–Trinajstić information content (AvgIpc) is 3.42. The first-order valence-electron chi connectivity index (χ1n) is 12.1. The van der Waals surface area contributed by atoms with Gasteiger partial charge in [-0.05, 0) is 61.7 Å². The largest absolute Gasteiger partial charge is 0.283 e. The van der Waals surface area contributed by atoms with Crippen LogP contribution >= 0.6 is 0 Å². The number of anilines is 1. The van der Waals surface area contributed by atoms with Crippen LogP contribution in [0.15, 0.2) is 67.0 Å². The molecular weight excluding hydrogens is 472 g/mol. The van der Waals surface area contributed by atoms with Crippen LogP contribution in [-0.4, -0.2) is 38.6 Å². The van der Waals surface area contributed by atoms with Crippen LogP contribution in [0.4, 0.5) is 5.69 Å². The highest BCUT2D eigenvalue weighted by atomic mass is 32.2. The minimum absolute atomic E-state index is 0.285. The van der Waals surface area contributed by atoms with E-state index in [1.807, 2.05) is 49.4 Å². The van der Waals surface area contributed by atoms with Crippen LogP contribution in [0.25, 0.3) is 11.5 Å². The van der Waals surface area contributed by atoms with E-state index in [-0.39, 0.29) is 5.25 Å². The predicted molar refractivity (Wildman–Crippen MR) is 139 cm³/mol. The Hall–Kier alpha value is -3.72. The van der Waals surface area contributed by atoms with Crippen molar-refractivity contribution in [1.82, 2.24) is 24.9 Å². The maximum atomic E-state index is 12.5. The van der Waals surface area contributed by atoms with E-state index in [0.29, 0.717) is 30.2 Å². The van der Waals surface area contributed by atoms with Gasteiger partial charge in [-0.1, -0.05) is 31.0 Å². The molecule has 36 heavy (non-hydrogen) atoms. The lowest BCUT2D eigenvalue weighted by molar-refractivity contribution is 0.585. The lowest BCUT2D eigenvalue weighted by Crippen LogP contribution is -2.25. The zero-order valence-corrected chi connectivity index (χ0v) is 20.9. The number of rotatable bonds is 8. The lowest BCUT2D eigenvalue weighted by atomic mass is 10.1. The SMILES string of the molecule is Cc1cccc(-c2nccc(Cc3ccnc(Cc4ccc(NS(=O)(=O)C5CCCC5)cc4)n3)n2)n1. The van der Waals surface area contributed by atoms with E-state index in [1.54, 1.807) is 24.5 Å². The van der Waals surface area contributed by atoms with Crippen molar-refractivity contribution in [2.24, 2.45) is 0 Å². The first-order valence-corrected chi connectivity index (χ1v) is 13.7. The van der Waals surface area contributed by atoms with Gasteiger partial charge in [0.1, 0.15) is 11.5 Å². The van der Waals surface area contributed by atoms with Crippen molar-refractivity contribution in [3.05, 3.63) is 95.5 Å². The summed E-state index contributed by atoms with van der Waals surface area (Å²) in [5, 5.41) is -0.285. The molecule has 0 radical (unpaired) electrons. The number of aromatic nitrogens is 5. The normalized spacial score (nSPS) is 14.1. The minimum Gasteiger partial charge on any atom is -0.283 e. The minimum atomic E-state index is -3.33. The van der Waals surface area contributed by atoms with Crippen molar-refractivity contribution < 1.29 is 8.42 Å². The zero-order valence-electron chi connectivity index (χ0n) is 20.1. The number of aryl methyl sites for hydroxylation is 1. The first kappa shape index (κ1) is 24.0. The molecule has 3 heterocycles. The Morgan fingerprint density at radius 2 is 1.56 bits per heavy atom. The zero-order chi connectivity index (χ0) is 25.0. The van der Waals surface area contributed by atoms with Gasteiger partial charge >= 0.3 is 0 Å². The lowest BCUT2D eigenvalue weighted by Gasteiger charge is -2.13. The fourth-order valence-electron chi connectivity index (χ4n) is 4.42. The van der Waals surface area contributed by atoms with Gasteiger partial charge in [-0.2, -0.15) is 0 Å². The van der Waals surface area contributed by atoms with Crippen LogP contribution in [0.5, 0.6) is 0 Å². The summed E-state index contributed by atoms with van der Waals surface area (Å²) in [5.74, 6) is 1.29. The maximum Gasteiger partial charge on any atom is 0.235 e. The van der Waals surface area contributed by atoms with Crippen molar-refractivity contribution in [1.29, 1.82) is 0 Å². The Bertz CT molecular complexity index is 1450. The summed E-state index contributed by atoms with van der Waals surface area (Å²) in [6.45, 7) is 1.94. The summed E-state index contributed by atoms with van der Waals surface area (Å²) in [5.41, 5.74) is 4.97. The molecule has 1 fully saturated rings. The molecule has 1 aliphatic rings. The van der Waals surface area contributed by atoms with Gasteiger partial charge in [0.25, 0.3) is 0 Å². The van der Waals surface area contributed by atoms with Gasteiger partial charge in [-0.3, -0.25) is 4.72 Å². The highest BCUT2D eigenvalue weighted by Crippen LogP contribution is 2.26. The molecule has 3 aromatic heterocycles. The van der Waals surface area contributed by atoms with Gasteiger partial charge in [-0.25, -0.2) is 33.3 Å². The standard InChI is InChI=1S/C27H28N6O2S/c1-19-5-4-8-25(30-19)27-29-16-14-23(32-27)18-22-13-15-28-26(31-22)17-20-9-11-21(12-10-20)33-36(34,35)24-6-2-3-7-24/h4-5,8-16,24,33H,2-3,6-7,17-18H2,1H3. The number of hydrogen-bond donors (Lipinski definition) is 1. The van der Waals surface area contributed by atoms with E-state index in [2.05, 4.69) is 24.7 Å². The Kier molecular flexibility index (Phi) is 6.99. The summed E-state index contributed by atoms with van der Waals surface area (Å²) in [6.07, 6.45) is 8.03. The maximum absolute atomic E-state index is 12.5. The summed E-state index contributed by atoms with van der Waals surface area (Å²) in [6, 6.07) is 17.0. The molecule has 1 saturated carbocycles. The summed E-state index contributed by atoms with van der Waals surface area (Å²) in [4.78, 5) is 22.7. The van der Waals surface area contributed by atoms with E-state index in [0.717, 1.165) is 54.0 Å². The highest BCUT2D eigenvalue weighted by Gasteiger charge is 2.28. The molecule has 1 aromatic carbocycles. The third-order valence-electron chi connectivity index (χ3n) is 6.27. The topological polar surface area (TPSA) is 111 Å². The molecule has 4 aromatic rings. The number of benzene rings is 1. The summed E-state index contributed by atoms with van der Waals surface area (Å²) < 4.78 is 27.8. The van der Waals surface area contributed by atoms with Crippen LogP contribution in [0.1, 0.15) is 54.2 Å². The Morgan fingerprint density at radius 3 is 2.31 bits per heavy atom. The number of pyridine rings is 1. The van der Waals surface area contributed by atoms with Crippen LogP contribution in [-0.2, 0) is 22.9 Å². The van der Waals surface area contributed by atoms with Crippen LogP contribution < -0.4 is 4.72 Å². The van der Waals surface area contributed by atoms with E-state index >= 15 is 0 Å². The number of sulfonamides is 1. The number of nitrogens with one attached hydrogen (secondary N) is 1. The molecule has 0 amide bonds. The first-order chi connectivity index (χ1) is 17.4. The van der Waals surface area contributed by atoms with Gasteiger partial charge in [0.15, 0.2) is 5.82 Å². The van der Waals surface area contributed by atoms with Gasteiger partial charge < -0.3 is 0 Å². The van der Waals surface area contributed by atoms with Crippen molar-refractivity contribution in [3.8, 4) is 11.5 Å². The van der Waals surface area contributed by atoms with E-state index in [4.69, 9.17) is 4.98 Å². The number of nitrogens with zero attached hydrogens (tertiary/aromatic N) is 5. The van der Waals surface area contributed by atoms with Crippen molar-refractivity contribution >= 4 is 15.7 Å². The molecule has 0 spiro atoms. The molecule has 1 aliphatic carbocycles. The summed E-state index contributed by atoms with van der Waals surface area (Å²) >= 11 is 0. The average molecular weight is 501 g/mol. The van der Waals surface area contributed by atoms with E-state index in [9.17, 15) is 8.42 Å². The van der Waals surface area contributed by atoms with Crippen LogP contribution in [0.2, 0.25) is 0 Å². The van der Waals surface area contributed by atoms with E-state index < -0.39 is 10.0 Å². The Morgan fingerprint density at radius 1 is 0.833 bits per heavy atom. The molecule has 8 nitrogen and oxygen atoms in total. The molecule has 9 heteroatoms. The molecule has 0 saturated heterocycles. The third-order valence-corrected chi connectivity index (χ3v) is 8.14. The fraction of sp³-hybridized carbons (Fsp3) is 0.296. The Balaban J connectivity index is 1.25. The molecule has 1 N–H and O–H groups in total. The fourth-order valence-corrected chi connectivity index (χ4v) is 6.00. The monoisotopic (exact) mass is 500 g/mol. The second-order valence-electron chi connectivity index (χ2n) is 9.10. The van der Waals surface area contributed by atoms with Gasteiger partial charge in [0, 0.05) is 36.6 Å². The second-order valence-corrected chi connectivity index (χ2v) is 11.1. The quantitative estimate of drug-likeness (QED) is 0.379. The van der Waals surface area contributed by atoms with Gasteiger partial charge in [0.05, 0.1) is 16.6 Å². The molecule has 0 atom stereocenters. The molecule has 184 valence electrons. The second kappa shape index (κ2) is 10.5. The Labute approximate surface area is 211 Å². The smallest absolute Gasteiger partial charge is 0.235 e. The number of hydrogen-bond acceptors (Lipinski definition) is 7. The van der Waals surface area contributed by atoms with Crippen molar-refractivity contribution in [2.45, 2.75) is 50.7 Å². The molecule has 0 unspecified atom stereocenters. The van der Waals surface area contributed by atoms with Crippen LogP contribution in [0.3, 0.4) is 0 Å². The molecule has 0 bridgehead atoms. The van der Waals surface area contributed by atoms with Crippen LogP contribution in [0, 0.1) is 6.92 Å². The van der Waals surface area contributed by atoms with E-state index in [1.165, 1.54) is 0 Å².